The van der Waals surface area contributed by atoms with Crippen molar-refractivity contribution in [2.24, 2.45) is 0 Å². The summed E-state index contributed by atoms with van der Waals surface area (Å²) in [4.78, 5) is 38.4. The molecule has 170 valence electrons. The number of carbonyl (C=O) groups is 3. The van der Waals surface area contributed by atoms with Crippen molar-refractivity contribution in [3.05, 3.63) is 107 Å². The lowest BCUT2D eigenvalue weighted by Crippen LogP contribution is -2.53. The Labute approximate surface area is 197 Å². The SMILES string of the molecule is COC(=O)[C@H](Cc1ccccc1)NC(=O)[C@@H](Cc1ccc(Cl)cc1)NC(=O)c1ccccc1. The van der Waals surface area contributed by atoms with Crippen molar-refractivity contribution in [2.45, 2.75) is 24.9 Å². The number of ether oxygens (including phenoxy) is 1. The number of methoxy groups -OCH3 is 1. The highest BCUT2D eigenvalue weighted by Gasteiger charge is 2.28. The maximum atomic E-state index is 13.2. The van der Waals surface area contributed by atoms with Gasteiger partial charge in [-0.2, -0.15) is 0 Å². The molecular weight excluding hydrogens is 440 g/mol. The molecule has 0 unspecified atom stereocenters. The molecule has 2 N–H and O–H groups in total. The molecule has 3 rings (SSSR count). The molecule has 2 atom stereocenters. The fourth-order valence-electron chi connectivity index (χ4n) is 3.35. The normalized spacial score (nSPS) is 12.3. The van der Waals surface area contributed by atoms with Crippen LogP contribution < -0.4 is 10.6 Å². The van der Waals surface area contributed by atoms with Crippen molar-refractivity contribution in [3.63, 3.8) is 0 Å². The summed E-state index contributed by atoms with van der Waals surface area (Å²) >= 11 is 5.97. The number of halogens is 1. The Bertz CT molecular complexity index is 1070. The molecule has 2 amide bonds. The van der Waals surface area contributed by atoms with E-state index in [1.165, 1.54) is 7.11 Å². The van der Waals surface area contributed by atoms with Crippen LogP contribution in [0.5, 0.6) is 0 Å². The Morgan fingerprint density at radius 3 is 1.91 bits per heavy atom. The standard InChI is InChI=1S/C26H25ClN2O4/c1-33-26(32)23(17-18-8-4-2-5-9-18)29-25(31)22(16-19-12-14-21(27)15-13-19)28-24(30)20-10-6-3-7-11-20/h2-15,22-23H,16-17H2,1H3,(H,28,30)(H,29,31)/t22-,23+/m1/s1. The van der Waals surface area contributed by atoms with E-state index in [4.69, 9.17) is 16.3 Å². The van der Waals surface area contributed by atoms with Crippen LogP contribution in [0, 0.1) is 0 Å². The van der Waals surface area contributed by atoms with Gasteiger partial charge in [0.2, 0.25) is 5.91 Å². The van der Waals surface area contributed by atoms with E-state index in [0.29, 0.717) is 10.6 Å². The van der Waals surface area contributed by atoms with E-state index in [1.807, 2.05) is 30.3 Å². The summed E-state index contributed by atoms with van der Waals surface area (Å²) < 4.78 is 4.89. The largest absolute Gasteiger partial charge is 0.467 e. The first-order valence-corrected chi connectivity index (χ1v) is 10.9. The molecule has 3 aromatic carbocycles. The van der Waals surface area contributed by atoms with Gasteiger partial charge in [0.1, 0.15) is 12.1 Å². The molecule has 3 aromatic rings. The summed E-state index contributed by atoms with van der Waals surface area (Å²) in [5.74, 6) is -1.44. The topological polar surface area (TPSA) is 84.5 Å². The molecule has 0 aliphatic rings. The zero-order chi connectivity index (χ0) is 23.6. The minimum Gasteiger partial charge on any atom is -0.467 e. The number of benzene rings is 3. The summed E-state index contributed by atoms with van der Waals surface area (Å²) in [6.45, 7) is 0. The van der Waals surface area contributed by atoms with Crippen LogP contribution in [0.1, 0.15) is 21.5 Å². The average Bonchev–Trinajstić information content (AvgIpc) is 2.85. The van der Waals surface area contributed by atoms with Crippen LogP contribution in [0.2, 0.25) is 5.02 Å². The van der Waals surface area contributed by atoms with Crippen LogP contribution >= 0.6 is 11.6 Å². The smallest absolute Gasteiger partial charge is 0.328 e. The maximum Gasteiger partial charge on any atom is 0.328 e. The van der Waals surface area contributed by atoms with E-state index in [2.05, 4.69) is 10.6 Å². The van der Waals surface area contributed by atoms with Crippen LogP contribution in [0.15, 0.2) is 84.9 Å². The van der Waals surface area contributed by atoms with Gasteiger partial charge in [-0.05, 0) is 35.4 Å². The quantitative estimate of drug-likeness (QED) is 0.474. The average molecular weight is 465 g/mol. The minimum atomic E-state index is -0.915. The minimum absolute atomic E-state index is 0.223. The lowest BCUT2D eigenvalue weighted by atomic mass is 10.0. The number of amides is 2. The molecule has 7 heteroatoms. The lowest BCUT2D eigenvalue weighted by molar-refractivity contribution is -0.145. The first kappa shape index (κ1) is 24.0. The van der Waals surface area contributed by atoms with Crippen molar-refractivity contribution in [2.75, 3.05) is 7.11 Å². The van der Waals surface area contributed by atoms with Gasteiger partial charge in [-0.1, -0.05) is 72.3 Å². The van der Waals surface area contributed by atoms with E-state index in [1.54, 1.807) is 54.6 Å². The molecule has 0 heterocycles. The monoisotopic (exact) mass is 464 g/mol. The van der Waals surface area contributed by atoms with Gasteiger partial charge in [-0.15, -0.1) is 0 Å². The summed E-state index contributed by atoms with van der Waals surface area (Å²) in [5, 5.41) is 6.11. The fraction of sp³-hybridized carbons (Fsp3) is 0.192. The Kier molecular flexibility index (Phi) is 8.61. The van der Waals surface area contributed by atoms with Gasteiger partial charge in [0.15, 0.2) is 0 Å². The van der Waals surface area contributed by atoms with Crippen LogP contribution in [0.3, 0.4) is 0 Å². The van der Waals surface area contributed by atoms with Crippen molar-refractivity contribution >= 4 is 29.4 Å². The summed E-state index contributed by atoms with van der Waals surface area (Å²) in [6, 6.07) is 23.2. The van der Waals surface area contributed by atoms with Gasteiger partial charge in [-0.25, -0.2) is 4.79 Å². The second-order valence-corrected chi connectivity index (χ2v) is 7.93. The third-order valence-electron chi connectivity index (χ3n) is 5.10. The number of carbonyl (C=O) groups excluding carboxylic acids is 3. The Hall–Kier alpha value is -3.64. The first-order chi connectivity index (χ1) is 16.0. The highest BCUT2D eigenvalue weighted by molar-refractivity contribution is 6.30. The molecule has 0 aromatic heterocycles. The molecule has 0 saturated heterocycles. The van der Waals surface area contributed by atoms with E-state index in [9.17, 15) is 14.4 Å². The van der Waals surface area contributed by atoms with Gasteiger partial charge in [0, 0.05) is 23.4 Å². The zero-order valence-electron chi connectivity index (χ0n) is 18.2. The van der Waals surface area contributed by atoms with Gasteiger partial charge in [0.05, 0.1) is 7.11 Å². The predicted molar refractivity (Wildman–Crippen MR) is 127 cm³/mol. The predicted octanol–water partition coefficient (Wildman–Crippen LogP) is 3.58. The highest BCUT2D eigenvalue weighted by atomic mass is 35.5. The molecule has 0 aliphatic heterocycles. The fourth-order valence-corrected chi connectivity index (χ4v) is 3.48. The molecule has 0 saturated carbocycles. The van der Waals surface area contributed by atoms with E-state index in [0.717, 1.165) is 11.1 Å². The van der Waals surface area contributed by atoms with Gasteiger partial charge < -0.3 is 15.4 Å². The lowest BCUT2D eigenvalue weighted by Gasteiger charge is -2.22. The molecule has 33 heavy (non-hydrogen) atoms. The van der Waals surface area contributed by atoms with Crippen molar-refractivity contribution < 1.29 is 19.1 Å². The van der Waals surface area contributed by atoms with Gasteiger partial charge >= 0.3 is 5.97 Å². The summed E-state index contributed by atoms with van der Waals surface area (Å²) in [6.07, 6.45) is 0.486. The Balaban J connectivity index is 1.80. The molecule has 0 spiro atoms. The van der Waals surface area contributed by atoms with E-state index >= 15 is 0 Å². The van der Waals surface area contributed by atoms with Crippen molar-refractivity contribution in [1.82, 2.24) is 10.6 Å². The van der Waals surface area contributed by atoms with Crippen LogP contribution in [0.25, 0.3) is 0 Å². The van der Waals surface area contributed by atoms with E-state index < -0.39 is 24.0 Å². The number of rotatable bonds is 9. The molecular formula is C26H25ClN2O4. The van der Waals surface area contributed by atoms with Crippen molar-refractivity contribution in [3.8, 4) is 0 Å². The van der Waals surface area contributed by atoms with E-state index in [-0.39, 0.29) is 18.7 Å². The first-order valence-electron chi connectivity index (χ1n) is 10.5. The third-order valence-corrected chi connectivity index (χ3v) is 5.35. The molecule has 0 radical (unpaired) electrons. The van der Waals surface area contributed by atoms with Crippen LogP contribution in [-0.2, 0) is 27.2 Å². The number of nitrogens with one attached hydrogen (secondary N) is 2. The number of hydrogen-bond acceptors (Lipinski definition) is 4. The maximum absolute atomic E-state index is 13.2. The number of esters is 1. The molecule has 0 aliphatic carbocycles. The van der Waals surface area contributed by atoms with Gasteiger partial charge in [-0.3, -0.25) is 9.59 Å². The molecule has 0 fully saturated rings. The number of hydrogen-bond donors (Lipinski definition) is 2. The molecule has 0 bridgehead atoms. The van der Waals surface area contributed by atoms with Gasteiger partial charge in [0.25, 0.3) is 5.91 Å². The Morgan fingerprint density at radius 2 is 1.30 bits per heavy atom. The van der Waals surface area contributed by atoms with Crippen LogP contribution in [0.4, 0.5) is 0 Å². The summed E-state index contributed by atoms with van der Waals surface area (Å²) in [7, 11) is 1.27. The van der Waals surface area contributed by atoms with Crippen LogP contribution in [-0.4, -0.2) is 37.0 Å². The van der Waals surface area contributed by atoms with Crippen molar-refractivity contribution in [1.29, 1.82) is 0 Å². The Morgan fingerprint density at radius 1 is 0.758 bits per heavy atom. The molecule has 6 nitrogen and oxygen atoms in total. The second-order valence-electron chi connectivity index (χ2n) is 7.50. The second kappa shape index (κ2) is 11.8. The zero-order valence-corrected chi connectivity index (χ0v) is 18.9. The highest BCUT2D eigenvalue weighted by Crippen LogP contribution is 2.12. The summed E-state index contributed by atoms with van der Waals surface area (Å²) in [5.41, 5.74) is 2.11. The third kappa shape index (κ3) is 7.19.